The molecule has 0 saturated carbocycles. The van der Waals surface area contributed by atoms with Gasteiger partial charge in [0.2, 0.25) is 6.79 Å². The van der Waals surface area contributed by atoms with Gasteiger partial charge in [0, 0.05) is 24.2 Å². The first kappa shape index (κ1) is 22.9. The zero-order chi connectivity index (χ0) is 25.4. The average Bonchev–Trinajstić information content (AvgIpc) is 3.46. The summed E-state index contributed by atoms with van der Waals surface area (Å²) in [6.45, 7) is 0.155. The van der Waals surface area contributed by atoms with E-state index < -0.39 is 28.4 Å². The first-order valence-corrected chi connectivity index (χ1v) is 10.9. The monoisotopic (exact) mass is 488 g/mol. The van der Waals surface area contributed by atoms with E-state index in [9.17, 15) is 24.8 Å². The number of nitrogens with zero attached hydrogens (tertiary/aromatic N) is 2. The lowest BCUT2D eigenvalue weighted by atomic mass is 9.95. The van der Waals surface area contributed by atoms with Crippen molar-refractivity contribution in [2.45, 2.75) is 12.6 Å². The third-order valence-corrected chi connectivity index (χ3v) is 6.09. The van der Waals surface area contributed by atoms with Gasteiger partial charge in [-0.1, -0.05) is 18.2 Å². The van der Waals surface area contributed by atoms with Crippen LogP contribution in [-0.2, 0) is 16.1 Å². The van der Waals surface area contributed by atoms with Crippen LogP contribution in [0.3, 0.4) is 0 Å². The van der Waals surface area contributed by atoms with Crippen LogP contribution in [0.25, 0.3) is 5.76 Å². The molecule has 1 unspecified atom stereocenters. The number of non-ortho nitro benzene ring substituents is 1. The topological polar surface area (TPSA) is 128 Å². The standard InChI is InChI=1S/C26H20N2O8/c1-34-19-4-2-3-17(12-19)23-22(24(29)16-6-8-18(9-7-16)28(32)33)25(30)26(31)27(23)13-15-5-10-20-21(11-15)36-14-35-20/h2-12,23,29H,13-14H2,1H3/b24-22+. The molecule has 3 aromatic rings. The highest BCUT2D eigenvalue weighted by atomic mass is 16.7. The first-order valence-electron chi connectivity index (χ1n) is 10.9. The SMILES string of the molecule is COc1cccc(C2/C(=C(\O)c3ccc([N+](=O)[O-])cc3)C(=O)C(=O)N2Cc2ccc3c(c2)OCO3)c1. The summed E-state index contributed by atoms with van der Waals surface area (Å²) in [5, 5.41) is 22.2. The Bertz CT molecular complexity index is 1410. The van der Waals surface area contributed by atoms with Crippen LogP contribution < -0.4 is 14.2 Å². The first-order chi connectivity index (χ1) is 17.4. The van der Waals surface area contributed by atoms with Crippen molar-refractivity contribution >= 4 is 23.1 Å². The molecule has 5 rings (SSSR count). The van der Waals surface area contributed by atoms with Gasteiger partial charge in [-0.05, 0) is 47.5 Å². The Labute approximate surface area is 205 Å². The number of amides is 1. The number of ether oxygens (including phenoxy) is 3. The lowest BCUT2D eigenvalue weighted by Crippen LogP contribution is -2.29. The molecule has 0 bridgehead atoms. The largest absolute Gasteiger partial charge is 0.507 e. The number of ketones is 1. The zero-order valence-electron chi connectivity index (χ0n) is 19.0. The maximum atomic E-state index is 13.2. The Kier molecular flexibility index (Phi) is 5.77. The molecule has 0 aromatic heterocycles. The molecule has 1 saturated heterocycles. The number of carbonyl (C=O) groups is 2. The minimum Gasteiger partial charge on any atom is -0.507 e. The number of rotatable bonds is 6. The van der Waals surface area contributed by atoms with Crippen molar-refractivity contribution in [3.05, 3.63) is 99.1 Å². The van der Waals surface area contributed by atoms with Gasteiger partial charge < -0.3 is 24.2 Å². The summed E-state index contributed by atoms with van der Waals surface area (Å²) < 4.78 is 16.1. The van der Waals surface area contributed by atoms with Crippen LogP contribution in [0.15, 0.2) is 72.3 Å². The van der Waals surface area contributed by atoms with Crippen LogP contribution >= 0.6 is 0 Å². The Morgan fingerprint density at radius 3 is 2.56 bits per heavy atom. The lowest BCUT2D eigenvalue weighted by Gasteiger charge is -2.26. The Balaban J connectivity index is 1.61. The van der Waals surface area contributed by atoms with E-state index >= 15 is 0 Å². The summed E-state index contributed by atoms with van der Waals surface area (Å²) in [5.74, 6) is -0.444. The fourth-order valence-electron chi connectivity index (χ4n) is 4.33. The molecular formula is C26H20N2O8. The number of aliphatic hydroxyl groups is 1. The van der Waals surface area contributed by atoms with Gasteiger partial charge in [-0.2, -0.15) is 0 Å². The summed E-state index contributed by atoms with van der Waals surface area (Å²) in [5.41, 5.74) is 1.14. The molecule has 2 aliphatic rings. The number of fused-ring (bicyclic) bond motifs is 1. The molecule has 182 valence electrons. The molecule has 1 N–H and O–H groups in total. The van der Waals surface area contributed by atoms with Crippen molar-refractivity contribution in [1.82, 2.24) is 4.90 Å². The molecule has 2 aliphatic heterocycles. The number of hydrogen-bond acceptors (Lipinski definition) is 8. The van der Waals surface area contributed by atoms with E-state index in [2.05, 4.69) is 0 Å². The fraction of sp³-hybridized carbons (Fsp3) is 0.154. The van der Waals surface area contributed by atoms with E-state index in [0.717, 1.165) is 0 Å². The Morgan fingerprint density at radius 2 is 1.83 bits per heavy atom. The highest BCUT2D eigenvalue weighted by Crippen LogP contribution is 2.42. The Hall–Kier alpha value is -4.86. The summed E-state index contributed by atoms with van der Waals surface area (Å²) in [4.78, 5) is 38.3. The van der Waals surface area contributed by atoms with E-state index in [4.69, 9.17) is 14.2 Å². The summed E-state index contributed by atoms with van der Waals surface area (Å²) in [7, 11) is 1.50. The summed E-state index contributed by atoms with van der Waals surface area (Å²) >= 11 is 0. The minimum atomic E-state index is -0.930. The van der Waals surface area contributed by atoms with Gasteiger partial charge in [-0.15, -0.1) is 0 Å². The van der Waals surface area contributed by atoms with Gasteiger partial charge in [0.15, 0.2) is 11.5 Å². The van der Waals surface area contributed by atoms with Crippen LogP contribution in [0.5, 0.6) is 17.2 Å². The van der Waals surface area contributed by atoms with Crippen LogP contribution in [0.1, 0.15) is 22.7 Å². The van der Waals surface area contributed by atoms with E-state index in [-0.39, 0.29) is 30.2 Å². The van der Waals surface area contributed by atoms with E-state index in [1.165, 1.54) is 36.3 Å². The van der Waals surface area contributed by atoms with Gasteiger partial charge in [-0.25, -0.2) is 0 Å². The molecule has 36 heavy (non-hydrogen) atoms. The molecule has 3 aromatic carbocycles. The second-order valence-corrected chi connectivity index (χ2v) is 8.20. The van der Waals surface area contributed by atoms with Crippen molar-refractivity contribution in [2.75, 3.05) is 13.9 Å². The molecule has 0 spiro atoms. The van der Waals surface area contributed by atoms with E-state index in [0.29, 0.717) is 28.4 Å². The van der Waals surface area contributed by atoms with Crippen molar-refractivity contribution in [3.8, 4) is 17.2 Å². The molecular weight excluding hydrogens is 468 g/mol. The molecule has 10 nitrogen and oxygen atoms in total. The number of aliphatic hydroxyl groups excluding tert-OH is 1. The van der Waals surface area contributed by atoms with Crippen LogP contribution in [0.4, 0.5) is 5.69 Å². The fourth-order valence-corrected chi connectivity index (χ4v) is 4.33. The van der Waals surface area contributed by atoms with Crippen molar-refractivity contribution in [1.29, 1.82) is 0 Å². The van der Waals surface area contributed by atoms with Crippen LogP contribution in [0, 0.1) is 10.1 Å². The van der Waals surface area contributed by atoms with Crippen molar-refractivity contribution in [3.63, 3.8) is 0 Å². The maximum Gasteiger partial charge on any atom is 0.295 e. The molecule has 0 radical (unpaired) electrons. The van der Waals surface area contributed by atoms with Gasteiger partial charge in [-0.3, -0.25) is 19.7 Å². The number of carbonyl (C=O) groups excluding carboxylic acids is 2. The van der Waals surface area contributed by atoms with E-state index in [1.807, 2.05) is 0 Å². The number of Topliss-reactive ketones (excluding diaryl/α,β-unsaturated/α-hetero) is 1. The lowest BCUT2D eigenvalue weighted by molar-refractivity contribution is -0.384. The zero-order valence-corrected chi connectivity index (χ0v) is 19.0. The van der Waals surface area contributed by atoms with E-state index in [1.54, 1.807) is 42.5 Å². The van der Waals surface area contributed by atoms with Crippen LogP contribution in [0.2, 0.25) is 0 Å². The highest BCUT2D eigenvalue weighted by Gasteiger charge is 2.46. The maximum absolute atomic E-state index is 13.2. The quantitative estimate of drug-likeness (QED) is 0.182. The van der Waals surface area contributed by atoms with Gasteiger partial charge >= 0.3 is 0 Å². The molecule has 1 amide bonds. The third kappa shape index (κ3) is 3.98. The third-order valence-electron chi connectivity index (χ3n) is 6.09. The predicted molar refractivity (Wildman–Crippen MR) is 127 cm³/mol. The highest BCUT2D eigenvalue weighted by molar-refractivity contribution is 6.46. The smallest absolute Gasteiger partial charge is 0.295 e. The van der Waals surface area contributed by atoms with Gasteiger partial charge in [0.1, 0.15) is 11.5 Å². The van der Waals surface area contributed by atoms with Gasteiger partial charge in [0.05, 0.1) is 23.6 Å². The number of benzene rings is 3. The number of hydrogen-bond donors (Lipinski definition) is 1. The van der Waals surface area contributed by atoms with Crippen molar-refractivity contribution in [2.24, 2.45) is 0 Å². The normalized spacial score (nSPS) is 17.9. The van der Waals surface area contributed by atoms with Crippen molar-refractivity contribution < 1.29 is 33.8 Å². The molecule has 2 heterocycles. The second kappa shape index (κ2) is 9.06. The number of nitro groups is 1. The molecule has 0 aliphatic carbocycles. The summed E-state index contributed by atoms with van der Waals surface area (Å²) in [6, 6.07) is 16.3. The molecule has 1 atom stereocenters. The van der Waals surface area contributed by atoms with Crippen LogP contribution in [-0.4, -0.2) is 40.5 Å². The molecule has 10 heteroatoms. The minimum absolute atomic E-state index is 0.0557. The number of likely N-dealkylation sites (tertiary alicyclic amines) is 1. The number of nitro benzene ring substituents is 1. The number of methoxy groups -OCH3 is 1. The Morgan fingerprint density at radius 1 is 1.08 bits per heavy atom. The second-order valence-electron chi connectivity index (χ2n) is 8.20. The average molecular weight is 488 g/mol. The predicted octanol–water partition coefficient (Wildman–Crippen LogP) is 3.95. The summed E-state index contributed by atoms with van der Waals surface area (Å²) in [6.07, 6.45) is 0. The molecule has 1 fully saturated rings. The van der Waals surface area contributed by atoms with Gasteiger partial charge in [0.25, 0.3) is 17.4 Å².